The van der Waals surface area contributed by atoms with Crippen LogP contribution in [0.25, 0.3) is 4.85 Å². The van der Waals surface area contributed by atoms with Crippen LogP contribution >= 0.6 is 0 Å². The maximum absolute atomic E-state index is 8.40. The van der Waals surface area contributed by atoms with Crippen LogP contribution in [-0.2, 0) is 0 Å². The van der Waals surface area contributed by atoms with Crippen LogP contribution in [0.1, 0.15) is 107 Å². The predicted octanol–water partition coefficient (Wildman–Crippen LogP) is 10.1. The van der Waals surface area contributed by atoms with Crippen LogP contribution in [0.5, 0.6) is 0 Å². The molecule has 8 bridgehead atoms. The zero-order chi connectivity index (χ0) is 30.1. The third-order valence-corrected chi connectivity index (χ3v) is 9.01. The molecule has 42 heavy (non-hydrogen) atoms. The van der Waals surface area contributed by atoms with E-state index in [-0.39, 0.29) is 0 Å². The zero-order valence-corrected chi connectivity index (χ0v) is 26.6. The van der Waals surface area contributed by atoms with Gasteiger partial charge in [-0.25, -0.2) is 14.8 Å². The lowest BCUT2D eigenvalue weighted by Gasteiger charge is -2.14. The highest BCUT2D eigenvalue weighted by atomic mass is 14.9. The minimum absolute atomic E-state index is 0.570. The molecule has 0 saturated heterocycles. The van der Waals surface area contributed by atoms with Crippen LogP contribution in [0, 0.1) is 6.57 Å². The maximum Gasteiger partial charge on any atom is 0.237 e. The van der Waals surface area contributed by atoms with Gasteiger partial charge in [0.05, 0.1) is 52.2 Å². The Morgan fingerprint density at radius 1 is 0.476 bits per heavy atom. The van der Waals surface area contributed by atoms with E-state index in [0.717, 1.165) is 103 Å². The van der Waals surface area contributed by atoms with Gasteiger partial charge in [-0.1, -0.05) is 55.4 Å². The molecule has 0 unspecified atom stereocenters. The number of hydrogen-bond acceptors (Lipinski definition) is 4. The van der Waals surface area contributed by atoms with Crippen molar-refractivity contribution in [2.75, 3.05) is 0 Å². The third-order valence-electron chi connectivity index (χ3n) is 9.01. The van der Waals surface area contributed by atoms with Gasteiger partial charge < -0.3 is 0 Å². The lowest BCUT2D eigenvalue weighted by molar-refractivity contribution is 1.02. The van der Waals surface area contributed by atoms with Gasteiger partial charge in [-0.05, 0) is 103 Å². The molecule has 0 aliphatic carbocycles. The van der Waals surface area contributed by atoms with Crippen molar-refractivity contribution >= 4 is 22.8 Å². The summed E-state index contributed by atoms with van der Waals surface area (Å²) in [5, 5.41) is 0. The van der Waals surface area contributed by atoms with E-state index in [2.05, 4.69) is 78.5 Å². The van der Waals surface area contributed by atoms with Crippen molar-refractivity contribution in [3.8, 4) is 0 Å². The summed E-state index contributed by atoms with van der Waals surface area (Å²) in [7, 11) is 0. The van der Waals surface area contributed by atoms with Crippen molar-refractivity contribution in [1.82, 2.24) is 0 Å². The topological polar surface area (TPSA) is 53.8 Å². The fourth-order valence-electron chi connectivity index (χ4n) is 7.08. The lowest BCUT2D eigenvalue weighted by atomic mass is 9.89. The van der Waals surface area contributed by atoms with Crippen LogP contribution in [-0.4, -0.2) is 22.8 Å². The van der Waals surface area contributed by atoms with Gasteiger partial charge in [0.15, 0.2) is 0 Å². The van der Waals surface area contributed by atoms with E-state index in [1.165, 1.54) is 39.0 Å². The second-order valence-electron chi connectivity index (χ2n) is 11.0. The third kappa shape index (κ3) is 4.53. The highest BCUT2D eigenvalue weighted by Crippen LogP contribution is 2.43. The number of hydrogen-bond donors (Lipinski definition) is 0. The van der Waals surface area contributed by atoms with Crippen molar-refractivity contribution in [3.05, 3.63) is 103 Å². The molecule has 0 fully saturated rings. The van der Waals surface area contributed by atoms with Crippen molar-refractivity contribution in [1.29, 1.82) is 0 Å². The number of rotatable bonds is 8. The van der Waals surface area contributed by atoms with Crippen molar-refractivity contribution in [2.24, 2.45) is 20.0 Å². The fraction of sp³-hybridized carbons (Fsp3) is 0.432. The largest absolute Gasteiger partial charge is 0.260 e. The van der Waals surface area contributed by atoms with E-state index in [4.69, 9.17) is 26.5 Å². The molecular weight excluding hydrogens is 514 g/mol. The molecule has 0 atom stereocenters. The Hall–Kier alpha value is -3.91. The van der Waals surface area contributed by atoms with Crippen LogP contribution in [0.4, 0.5) is 0 Å². The molecule has 0 amide bonds. The van der Waals surface area contributed by atoms with Gasteiger partial charge >= 0.3 is 0 Å². The van der Waals surface area contributed by atoms with Gasteiger partial charge in [-0.3, -0.25) is 9.98 Å². The molecule has 0 radical (unpaired) electrons. The van der Waals surface area contributed by atoms with Gasteiger partial charge in [0, 0.05) is 11.1 Å². The van der Waals surface area contributed by atoms with Gasteiger partial charge in [-0.15, -0.1) is 0 Å². The normalized spacial score (nSPS) is 20.2. The molecule has 0 aromatic rings. The van der Waals surface area contributed by atoms with Gasteiger partial charge in [0.2, 0.25) is 5.70 Å². The SMILES string of the molecule is [C-]#[N+]C1=C2N=C(C=C3C=CC(=N3)C(CC)=C3N=C(C(CC)=C3CC)C(CC)=C3N=C1C(CC)=C3CC)C(CC)=C2CC. The molecule has 5 aliphatic heterocycles. The van der Waals surface area contributed by atoms with Gasteiger partial charge in [0.25, 0.3) is 0 Å². The molecule has 5 heterocycles. The molecule has 0 aromatic carbocycles. The van der Waals surface area contributed by atoms with Crippen molar-refractivity contribution < 1.29 is 0 Å². The average Bonchev–Trinajstić information content (AvgIpc) is 3.77. The molecule has 216 valence electrons. The molecule has 5 aliphatic rings. The summed E-state index contributed by atoms with van der Waals surface area (Å²) >= 11 is 0. The first-order chi connectivity index (χ1) is 20.4. The summed E-state index contributed by atoms with van der Waals surface area (Å²) in [6, 6.07) is 0. The summed E-state index contributed by atoms with van der Waals surface area (Å²) in [5.41, 5.74) is 17.9. The zero-order valence-electron chi connectivity index (χ0n) is 26.6. The number of allylic oxidation sites excluding steroid dienone is 11. The quantitative estimate of drug-likeness (QED) is 0.267. The van der Waals surface area contributed by atoms with Gasteiger partial charge in [-0.2, -0.15) is 0 Å². The Morgan fingerprint density at radius 3 is 1.52 bits per heavy atom. The first kappa shape index (κ1) is 29.6. The molecule has 5 heteroatoms. The predicted molar refractivity (Wildman–Crippen MR) is 178 cm³/mol. The second kappa shape index (κ2) is 12.1. The molecular formula is C37H43N5. The Balaban J connectivity index is 1.97. The molecule has 0 N–H and O–H groups in total. The Labute approximate surface area is 252 Å². The highest BCUT2D eigenvalue weighted by Gasteiger charge is 2.34. The smallest absolute Gasteiger partial charge is 0.237 e. The summed E-state index contributed by atoms with van der Waals surface area (Å²) in [4.78, 5) is 25.2. The van der Waals surface area contributed by atoms with E-state index in [1.807, 2.05) is 0 Å². The summed E-state index contributed by atoms with van der Waals surface area (Å²) in [5.74, 6) is 0. The summed E-state index contributed by atoms with van der Waals surface area (Å²) in [6.07, 6.45) is 13.2. The van der Waals surface area contributed by atoms with E-state index >= 15 is 0 Å². The first-order valence-electron chi connectivity index (χ1n) is 16.0. The minimum Gasteiger partial charge on any atom is -0.260 e. The molecule has 0 spiro atoms. The second-order valence-corrected chi connectivity index (χ2v) is 11.0. The maximum atomic E-state index is 8.40. The molecule has 0 saturated carbocycles. The number of fused-ring (bicyclic) bond motifs is 4. The van der Waals surface area contributed by atoms with E-state index < -0.39 is 0 Å². The highest BCUT2D eigenvalue weighted by molar-refractivity contribution is 6.23. The molecule has 5 nitrogen and oxygen atoms in total. The summed E-state index contributed by atoms with van der Waals surface area (Å²) < 4.78 is 0. The summed E-state index contributed by atoms with van der Waals surface area (Å²) in [6.45, 7) is 26.0. The van der Waals surface area contributed by atoms with E-state index in [1.54, 1.807) is 0 Å². The van der Waals surface area contributed by atoms with Gasteiger partial charge in [0.1, 0.15) is 0 Å². The Kier molecular flexibility index (Phi) is 8.55. The van der Waals surface area contributed by atoms with Crippen LogP contribution < -0.4 is 0 Å². The van der Waals surface area contributed by atoms with E-state index in [9.17, 15) is 0 Å². The lowest BCUT2D eigenvalue weighted by Crippen LogP contribution is -2.07. The molecule has 0 aromatic heterocycles. The van der Waals surface area contributed by atoms with Crippen molar-refractivity contribution in [3.63, 3.8) is 0 Å². The molecule has 5 rings (SSSR count). The van der Waals surface area contributed by atoms with Crippen LogP contribution in [0.3, 0.4) is 0 Å². The average molecular weight is 558 g/mol. The standard InChI is InChI=1S/C37H43N5/c1-10-22-23(11-2)35-37(38-9)36-27(15-6)26(14-5)34(42-36)29(17-8)33-25(13-4)24(12-3)32(41-33)28(16-7)30-19-18-21(39-30)20-31(22)40-35/h18-20H,10-17H2,1-8H3. The number of aliphatic imine (C=N–C) groups is 4. The fourth-order valence-corrected chi connectivity index (χ4v) is 7.08. The minimum atomic E-state index is 0.570. The number of nitrogens with zero attached hydrogens (tertiary/aromatic N) is 5. The van der Waals surface area contributed by atoms with Crippen LogP contribution in [0.2, 0.25) is 0 Å². The van der Waals surface area contributed by atoms with E-state index in [0.29, 0.717) is 5.70 Å². The van der Waals surface area contributed by atoms with Crippen molar-refractivity contribution in [2.45, 2.75) is 107 Å². The monoisotopic (exact) mass is 557 g/mol. The van der Waals surface area contributed by atoms with Crippen LogP contribution in [0.15, 0.2) is 111 Å². The Bertz CT molecular complexity index is 1670. The Morgan fingerprint density at radius 2 is 0.976 bits per heavy atom. The first-order valence-corrected chi connectivity index (χ1v) is 16.0.